The number of benzene rings is 4. The summed E-state index contributed by atoms with van der Waals surface area (Å²) in [5.41, 5.74) is 10.0. The van der Waals surface area contributed by atoms with Crippen LogP contribution in [0.15, 0.2) is 72.8 Å². The monoisotopic (exact) mass is 652 g/mol. The molecule has 6 nitrogen and oxygen atoms in total. The number of hydrogen-bond donors (Lipinski definition) is 0. The van der Waals surface area contributed by atoms with Crippen molar-refractivity contribution in [3.8, 4) is 23.0 Å². The lowest BCUT2D eigenvalue weighted by molar-refractivity contribution is -0.303. The smallest absolute Gasteiger partial charge is 0.124 e. The van der Waals surface area contributed by atoms with Crippen LogP contribution in [0.25, 0.3) is 0 Å². The lowest BCUT2D eigenvalue weighted by Crippen LogP contribution is -2.04. The summed E-state index contributed by atoms with van der Waals surface area (Å²) in [7, 11) is 6.96. The van der Waals surface area contributed by atoms with E-state index in [1.165, 1.54) is 33.4 Å². The highest BCUT2D eigenvalue weighted by Crippen LogP contribution is 2.28. The number of rotatable bonds is 4. The maximum atomic E-state index is 5.74. The first-order chi connectivity index (χ1) is 23.6. The van der Waals surface area contributed by atoms with Crippen molar-refractivity contribution < 1.29 is 28.7 Å². The average Bonchev–Trinajstić information content (AvgIpc) is 3.11. The number of ether oxygens (including phenoxy) is 4. The second kappa shape index (κ2) is 18.5. The van der Waals surface area contributed by atoms with Crippen LogP contribution < -0.4 is 18.9 Å². The largest absolute Gasteiger partial charge is 0.496 e. The van der Waals surface area contributed by atoms with Crippen LogP contribution in [0.5, 0.6) is 23.0 Å². The molecule has 0 saturated carbocycles. The standard InChI is InChI=1S/C42H52O6/c1-43-39-20-16-31-10-8-12-33-18-22-41(45-3)37(28-33)24-25-47-48-30-38-29-34(19-23-42(38)46-4)13-9-11-32-17-21-40(44-2)36(27-32)15-7-5-6-14-35(39)26-31/h16-23,26-29H,5-15,24-25,30H2,1-4H3. The molecule has 0 aromatic heterocycles. The van der Waals surface area contributed by atoms with Crippen molar-refractivity contribution in [2.75, 3.05) is 35.0 Å². The van der Waals surface area contributed by atoms with Crippen LogP contribution in [-0.2, 0) is 61.3 Å². The zero-order valence-corrected chi connectivity index (χ0v) is 29.3. The van der Waals surface area contributed by atoms with Crippen LogP contribution in [-0.4, -0.2) is 35.0 Å². The van der Waals surface area contributed by atoms with Gasteiger partial charge >= 0.3 is 0 Å². The highest BCUT2D eigenvalue weighted by atomic mass is 17.2. The molecule has 1 aliphatic rings. The second-order valence-corrected chi connectivity index (χ2v) is 12.7. The predicted molar refractivity (Wildman–Crippen MR) is 192 cm³/mol. The van der Waals surface area contributed by atoms with E-state index in [-0.39, 0.29) is 0 Å². The molecule has 0 aliphatic carbocycles. The van der Waals surface area contributed by atoms with Gasteiger partial charge in [-0.3, -0.25) is 0 Å². The Bertz CT molecular complexity index is 1360. The first kappa shape index (κ1) is 35.3. The molecule has 0 spiro atoms. The molecule has 1 aliphatic heterocycles. The Hall–Kier alpha value is -4.00. The van der Waals surface area contributed by atoms with Crippen LogP contribution in [0.4, 0.5) is 0 Å². The highest BCUT2D eigenvalue weighted by Gasteiger charge is 2.11. The molecule has 6 heteroatoms. The fourth-order valence-corrected chi connectivity index (χ4v) is 6.77. The van der Waals surface area contributed by atoms with Crippen LogP contribution in [0.2, 0.25) is 0 Å². The van der Waals surface area contributed by atoms with Gasteiger partial charge < -0.3 is 18.9 Å². The van der Waals surface area contributed by atoms with Gasteiger partial charge in [0.25, 0.3) is 0 Å². The summed E-state index contributed by atoms with van der Waals surface area (Å²) in [4.78, 5) is 11.3. The Labute approximate surface area is 287 Å². The molecule has 4 aromatic rings. The normalized spacial score (nSPS) is 15.4. The van der Waals surface area contributed by atoms with Crippen LogP contribution in [0, 0.1) is 0 Å². The van der Waals surface area contributed by atoms with Gasteiger partial charge in [-0.15, -0.1) is 0 Å². The van der Waals surface area contributed by atoms with Crippen LogP contribution in [0.3, 0.4) is 0 Å². The van der Waals surface area contributed by atoms with Gasteiger partial charge in [0.2, 0.25) is 0 Å². The van der Waals surface area contributed by atoms with Gasteiger partial charge in [-0.1, -0.05) is 48.9 Å². The molecule has 0 atom stereocenters. The molecule has 0 radical (unpaired) electrons. The molecule has 0 fully saturated rings. The Kier molecular flexibility index (Phi) is 13.6. The molecular formula is C42H52O6. The molecule has 5 rings (SSSR count). The fraction of sp³-hybridized carbons (Fsp3) is 0.429. The van der Waals surface area contributed by atoms with Crippen molar-refractivity contribution in [2.24, 2.45) is 0 Å². The number of methoxy groups -OCH3 is 4. The topological polar surface area (TPSA) is 55.4 Å². The summed E-state index contributed by atoms with van der Waals surface area (Å²) in [6, 6.07) is 26.2. The second-order valence-electron chi connectivity index (χ2n) is 12.7. The summed E-state index contributed by atoms with van der Waals surface area (Å²) in [5.74, 6) is 3.66. The lowest BCUT2D eigenvalue weighted by atomic mass is 9.97. The first-order valence-electron chi connectivity index (χ1n) is 17.5. The molecule has 4 aromatic carbocycles. The minimum atomic E-state index is 0.323. The van der Waals surface area contributed by atoms with Crippen molar-refractivity contribution in [1.29, 1.82) is 0 Å². The van der Waals surface area contributed by atoms with Crippen molar-refractivity contribution in [2.45, 2.75) is 83.7 Å². The maximum absolute atomic E-state index is 5.74. The minimum absolute atomic E-state index is 0.323. The predicted octanol–water partition coefficient (Wildman–Crippen LogP) is 9.03. The third-order valence-corrected chi connectivity index (χ3v) is 9.39. The zero-order chi connectivity index (χ0) is 33.6. The van der Waals surface area contributed by atoms with E-state index in [1.807, 2.05) is 6.07 Å². The molecule has 1 heterocycles. The van der Waals surface area contributed by atoms with Crippen LogP contribution >= 0.6 is 0 Å². The van der Waals surface area contributed by atoms with E-state index in [1.54, 1.807) is 28.4 Å². The Morgan fingerprint density at radius 2 is 0.750 bits per heavy atom. The van der Waals surface area contributed by atoms with Gasteiger partial charge in [0.05, 0.1) is 35.0 Å². The number of fused-ring (bicyclic) bond motifs is 8. The Balaban J connectivity index is 1.31. The number of hydrogen-bond acceptors (Lipinski definition) is 6. The van der Waals surface area contributed by atoms with Crippen molar-refractivity contribution in [3.05, 3.63) is 117 Å². The van der Waals surface area contributed by atoms with E-state index in [4.69, 9.17) is 28.7 Å². The third kappa shape index (κ3) is 10.0. The Morgan fingerprint density at radius 1 is 0.375 bits per heavy atom. The SMILES string of the molecule is COc1ccc2cc1CCCCCc1cc(ccc1OC)CCCc1ccc(OC)c(c1)COOCCc1cc(ccc1OC)CCC2. The Morgan fingerprint density at radius 3 is 1.17 bits per heavy atom. The fourth-order valence-electron chi connectivity index (χ4n) is 6.77. The quantitative estimate of drug-likeness (QED) is 0.205. The van der Waals surface area contributed by atoms with E-state index in [2.05, 4.69) is 66.7 Å². The van der Waals surface area contributed by atoms with E-state index >= 15 is 0 Å². The van der Waals surface area contributed by atoms with E-state index in [0.717, 1.165) is 105 Å². The molecule has 48 heavy (non-hydrogen) atoms. The minimum Gasteiger partial charge on any atom is -0.496 e. The first-order valence-corrected chi connectivity index (χ1v) is 17.5. The third-order valence-electron chi connectivity index (χ3n) is 9.39. The summed E-state index contributed by atoms with van der Waals surface area (Å²) < 4.78 is 22.8. The van der Waals surface area contributed by atoms with Crippen molar-refractivity contribution >= 4 is 0 Å². The molecule has 0 N–H and O–H groups in total. The van der Waals surface area contributed by atoms with Crippen molar-refractivity contribution in [3.63, 3.8) is 0 Å². The van der Waals surface area contributed by atoms with Gasteiger partial charge in [0.1, 0.15) is 29.6 Å². The van der Waals surface area contributed by atoms with Gasteiger partial charge in [0, 0.05) is 12.0 Å². The van der Waals surface area contributed by atoms with Gasteiger partial charge in [-0.2, -0.15) is 0 Å². The van der Waals surface area contributed by atoms with Gasteiger partial charge in [0.15, 0.2) is 0 Å². The van der Waals surface area contributed by atoms with Crippen LogP contribution in [0.1, 0.15) is 76.6 Å². The summed E-state index contributed by atoms with van der Waals surface area (Å²) in [6.45, 7) is 0.753. The lowest BCUT2D eigenvalue weighted by Gasteiger charge is -2.14. The van der Waals surface area contributed by atoms with E-state index in [0.29, 0.717) is 19.6 Å². The molecule has 0 amide bonds. The molecule has 8 bridgehead atoms. The molecule has 0 unspecified atom stereocenters. The zero-order valence-electron chi connectivity index (χ0n) is 29.3. The summed E-state index contributed by atoms with van der Waals surface area (Å²) in [6.07, 6.45) is 12.3. The van der Waals surface area contributed by atoms with Crippen molar-refractivity contribution in [1.82, 2.24) is 0 Å². The number of aryl methyl sites for hydroxylation is 6. The summed E-state index contributed by atoms with van der Waals surface area (Å²) in [5, 5.41) is 0. The van der Waals surface area contributed by atoms with Gasteiger partial charge in [-0.05, 0) is 133 Å². The average molecular weight is 653 g/mol. The van der Waals surface area contributed by atoms with E-state index < -0.39 is 0 Å². The summed E-state index contributed by atoms with van der Waals surface area (Å²) >= 11 is 0. The van der Waals surface area contributed by atoms with E-state index in [9.17, 15) is 0 Å². The molecule has 0 saturated heterocycles. The molecular weight excluding hydrogens is 600 g/mol. The maximum Gasteiger partial charge on any atom is 0.124 e. The molecule has 256 valence electrons. The highest BCUT2D eigenvalue weighted by molar-refractivity contribution is 5.40. The van der Waals surface area contributed by atoms with Gasteiger partial charge in [-0.25, -0.2) is 9.78 Å².